The van der Waals surface area contributed by atoms with Crippen molar-refractivity contribution in [3.8, 4) is 17.2 Å². The second-order valence-corrected chi connectivity index (χ2v) is 3.81. The van der Waals surface area contributed by atoms with Crippen molar-refractivity contribution in [1.29, 1.82) is 0 Å². The molecule has 18 heavy (non-hydrogen) atoms. The van der Waals surface area contributed by atoms with E-state index in [0.717, 1.165) is 11.4 Å². The lowest BCUT2D eigenvalue weighted by Gasteiger charge is -2.06. The largest absolute Gasteiger partial charge is 0.399 e. The zero-order valence-corrected chi connectivity index (χ0v) is 9.56. The van der Waals surface area contributed by atoms with Gasteiger partial charge in [0.1, 0.15) is 0 Å². The molecule has 0 saturated carbocycles. The van der Waals surface area contributed by atoms with Crippen molar-refractivity contribution in [2.45, 2.75) is 0 Å². The summed E-state index contributed by atoms with van der Waals surface area (Å²) < 4.78 is 1.67. The topological polar surface area (TPSA) is 69.6 Å². The first-order valence-electron chi connectivity index (χ1n) is 5.52. The standard InChI is InChI=1S/C13H11N5/c14-10-8-12(11-4-1-2-5-15-11)17-13(9-10)18-7-3-6-16-18/h1-9H,(H2,14,17). The van der Waals surface area contributed by atoms with Gasteiger partial charge in [-0.25, -0.2) is 9.67 Å². The highest BCUT2D eigenvalue weighted by Crippen LogP contribution is 2.19. The van der Waals surface area contributed by atoms with Crippen LogP contribution in [-0.2, 0) is 0 Å². The Labute approximate surface area is 104 Å². The average Bonchev–Trinajstić information content (AvgIpc) is 2.93. The summed E-state index contributed by atoms with van der Waals surface area (Å²) in [5, 5.41) is 4.14. The Morgan fingerprint density at radius 1 is 1.00 bits per heavy atom. The monoisotopic (exact) mass is 237 g/mol. The van der Waals surface area contributed by atoms with E-state index in [1.54, 1.807) is 29.2 Å². The van der Waals surface area contributed by atoms with Crippen LogP contribution in [0, 0.1) is 0 Å². The molecule has 0 amide bonds. The molecule has 3 heterocycles. The van der Waals surface area contributed by atoms with Crippen LogP contribution in [0.4, 0.5) is 5.69 Å². The van der Waals surface area contributed by atoms with E-state index in [4.69, 9.17) is 5.73 Å². The summed E-state index contributed by atoms with van der Waals surface area (Å²) in [6, 6.07) is 11.1. The van der Waals surface area contributed by atoms with Crippen LogP contribution in [-0.4, -0.2) is 19.7 Å². The maximum absolute atomic E-state index is 5.89. The van der Waals surface area contributed by atoms with Gasteiger partial charge in [-0.15, -0.1) is 0 Å². The van der Waals surface area contributed by atoms with Crippen LogP contribution in [0.1, 0.15) is 0 Å². The van der Waals surface area contributed by atoms with Crippen molar-refractivity contribution in [2.24, 2.45) is 0 Å². The summed E-state index contributed by atoms with van der Waals surface area (Å²) in [7, 11) is 0. The van der Waals surface area contributed by atoms with Crippen LogP contribution in [0.15, 0.2) is 55.0 Å². The molecule has 0 unspecified atom stereocenters. The lowest BCUT2D eigenvalue weighted by Crippen LogP contribution is -2.01. The summed E-state index contributed by atoms with van der Waals surface area (Å²) in [5.74, 6) is 0.681. The first-order valence-corrected chi connectivity index (χ1v) is 5.52. The Kier molecular flexibility index (Phi) is 2.49. The molecule has 0 fully saturated rings. The molecular weight excluding hydrogens is 226 g/mol. The number of nitrogens with two attached hydrogens (primary N) is 1. The number of rotatable bonds is 2. The van der Waals surface area contributed by atoms with Crippen LogP contribution in [0.25, 0.3) is 17.2 Å². The van der Waals surface area contributed by atoms with Gasteiger partial charge in [0.25, 0.3) is 0 Å². The van der Waals surface area contributed by atoms with Crippen LogP contribution in [0.3, 0.4) is 0 Å². The normalized spacial score (nSPS) is 10.4. The molecule has 3 aromatic heterocycles. The molecule has 0 spiro atoms. The SMILES string of the molecule is Nc1cc(-c2ccccn2)nc(-n2cccn2)c1. The molecule has 0 aliphatic rings. The third-order valence-corrected chi connectivity index (χ3v) is 2.50. The quantitative estimate of drug-likeness (QED) is 0.739. The van der Waals surface area contributed by atoms with E-state index in [1.807, 2.05) is 30.5 Å². The Morgan fingerprint density at radius 2 is 1.94 bits per heavy atom. The maximum atomic E-state index is 5.89. The Morgan fingerprint density at radius 3 is 2.67 bits per heavy atom. The van der Waals surface area contributed by atoms with E-state index in [2.05, 4.69) is 15.1 Å². The van der Waals surface area contributed by atoms with Gasteiger partial charge in [-0.3, -0.25) is 4.98 Å². The highest BCUT2D eigenvalue weighted by atomic mass is 15.3. The lowest BCUT2D eigenvalue weighted by atomic mass is 10.2. The number of hydrogen-bond donors (Lipinski definition) is 1. The van der Waals surface area contributed by atoms with Gasteiger partial charge >= 0.3 is 0 Å². The van der Waals surface area contributed by atoms with Gasteiger partial charge < -0.3 is 5.73 Å². The van der Waals surface area contributed by atoms with Crippen LogP contribution < -0.4 is 5.73 Å². The minimum absolute atomic E-state index is 0.635. The molecule has 0 aromatic carbocycles. The molecule has 3 rings (SSSR count). The van der Waals surface area contributed by atoms with Gasteiger partial charge in [0.15, 0.2) is 5.82 Å². The van der Waals surface area contributed by atoms with Crippen LogP contribution >= 0.6 is 0 Å². The third-order valence-electron chi connectivity index (χ3n) is 2.50. The highest BCUT2D eigenvalue weighted by molar-refractivity contribution is 5.61. The maximum Gasteiger partial charge on any atom is 0.156 e. The molecule has 88 valence electrons. The van der Waals surface area contributed by atoms with Gasteiger partial charge in [0.05, 0.1) is 11.4 Å². The van der Waals surface area contributed by atoms with Crippen molar-refractivity contribution < 1.29 is 0 Å². The summed E-state index contributed by atoms with van der Waals surface area (Å²) in [6.07, 6.45) is 5.25. The third kappa shape index (κ3) is 1.93. The molecule has 0 atom stereocenters. The van der Waals surface area contributed by atoms with Gasteiger partial charge in [-0.1, -0.05) is 6.07 Å². The molecule has 2 N–H and O–H groups in total. The molecule has 5 heteroatoms. The van der Waals surface area contributed by atoms with E-state index in [1.165, 1.54) is 0 Å². The van der Waals surface area contributed by atoms with Crippen molar-refractivity contribution in [3.63, 3.8) is 0 Å². The molecule has 5 nitrogen and oxygen atoms in total. The van der Waals surface area contributed by atoms with E-state index < -0.39 is 0 Å². The fourth-order valence-corrected chi connectivity index (χ4v) is 1.70. The second-order valence-electron chi connectivity index (χ2n) is 3.81. The van der Waals surface area contributed by atoms with Crippen molar-refractivity contribution in [2.75, 3.05) is 5.73 Å². The first kappa shape index (κ1) is 10.5. The van der Waals surface area contributed by atoms with Gasteiger partial charge in [-0.2, -0.15) is 5.10 Å². The smallest absolute Gasteiger partial charge is 0.156 e. The molecule has 0 aliphatic carbocycles. The molecule has 0 saturated heterocycles. The van der Waals surface area contributed by atoms with Crippen LogP contribution in [0.2, 0.25) is 0 Å². The number of nitrogen functional groups attached to an aromatic ring is 1. The zero-order valence-electron chi connectivity index (χ0n) is 9.56. The zero-order chi connectivity index (χ0) is 12.4. The Balaban J connectivity index is 2.12. The molecule has 3 aromatic rings. The Bertz CT molecular complexity index is 646. The van der Waals surface area contributed by atoms with E-state index >= 15 is 0 Å². The highest BCUT2D eigenvalue weighted by Gasteiger charge is 2.05. The number of anilines is 1. The summed E-state index contributed by atoms with van der Waals surface area (Å²) in [6.45, 7) is 0. The summed E-state index contributed by atoms with van der Waals surface area (Å²) in [4.78, 5) is 8.77. The number of aromatic nitrogens is 4. The first-order chi connectivity index (χ1) is 8.83. The minimum atomic E-state index is 0.635. The number of hydrogen-bond acceptors (Lipinski definition) is 4. The van der Waals surface area contributed by atoms with E-state index in [9.17, 15) is 0 Å². The summed E-state index contributed by atoms with van der Waals surface area (Å²) >= 11 is 0. The lowest BCUT2D eigenvalue weighted by molar-refractivity contribution is 0.848. The van der Waals surface area contributed by atoms with Gasteiger partial charge in [0, 0.05) is 30.3 Å². The number of pyridine rings is 2. The minimum Gasteiger partial charge on any atom is -0.399 e. The molecular formula is C13H11N5. The predicted octanol–water partition coefficient (Wildman–Crippen LogP) is 1.91. The predicted molar refractivity (Wildman–Crippen MR) is 69.0 cm³/mol. The van der Waals surface area contributed by atoms with Crippen LogP contribution in [0.5, 0.6) is 0 Å². The summed E-state index contributed by atoms with van der Waals surface area (Å²) in [5.41, 5.74) is 8.06. The fraction of sp³-hybridized carbons (Fsp3) is 0. The molecule has 0 bridgehead atoms. The molecule has 0 aliphatic heterocycles. The number of nitrogens with zero attached hydrogens (tertiary/aromatic N) is 4. The van der Waals surface area contributed by atoms with E-state index in [0.29, 0.717) is 11.5 Å². The van der Waals surface area contributed by atoms with Crippen molar-refractivity contribution >= 4 is 5.69 Å². The average molecular weight is 237 g/mol. The van der Waals surface area contributed by atoms with Gasteiger partial charge in [0.2, 0.25) is 0 Å². The van der Waals surface area contributed by atoms with Crippen molar-refractivity contribution in [1.82, 2.24) is 19.7 Å². The van der Waals surface area contributed by atoms with E-state index in [-0.39, 0.29) is 0 Å². The van der Waals surface area contributed by atoms with Gasteiger partial charge in [-0.05, 0) is 24.3 Å². The Hall–Kier alpha value is -2.69. The molecule has 0 radical (unpaired) electrons. The van der Waals surface area contributed by atoms with Crippen molar-refractivity contribution in [3.05, 3.63) is 55.0 Å². The fourth-order valence-electron chi connectivity index (χ4n) is 1.70. The second kappa shape index (κ2) is 4.29.